The Hall–Kier alpha value is -2.34. The topological polar surface area (TPSA) is 66.5 Å². The highest BCUT2D eigenvalue weighted by Gasteiger charge is 2.32. The van der Waals surface area contributed by atoms with Gasteiger partial charge in [0.2, 0.25) is 15.9 Å². The lowest BCUT2D eigenvalue weighted by Crippen LogP contribution is -2.49. The Kier molecular flexibility index (Phi) is 6.08. The first-order valence-corrected chi connectivity index (χ1v) is 11.6. The molecule has 0 spiro atoms. The Bertz CT molecular complexity index is 942. The highest BCUT2D eigenvalue weighted by molar-refractivity contribution is 7.92. The Labute approximate surface area is 167 Å². The highest BCUT2D eigenvalue weighted by atomic mass is 32.2. The lowest BCUT2D eigenvalue weighted by molar-refractivity contribution is -0.122. The van der Waals surface area contributed by atoms with Gasteiger partial charge in [-0.1, -0.05) is 43.3 Å². The third-order valence-corrected chi connectivity index (χ3v) is 6.50. The number of carbonyl (C=O) groups is 1. The van der Waals surface area contributed by atoms with E-state index in [1.165, 1.54) is 21.9 Å². The number of hydrogen-bond donors (Lipinski definition) is 1. The predicted octanol–water partition coefficient (Wildman–Crippen LogP) is 3.60. The van der Waals surface area contributed by atoms with Crippen LogP contribution in [0, 0.1) is 0 Å². The summed E-state index contributed by atoms with van der Waals surface area (Å²) in [7, 11) is -3.61. The van der Waals surface area contributed by atoms with Crippen molar-refractivity contribution in [3.05, 3.63) is 65.2 Å². The van der Waals surface area contributed by atoms with E-state index in [0.29, 0.717) is 12.1 Å². The number of sulfonamides is 1. The molecule has 1 aliphatic rings. The summed E-state index contributed by atoms with van der Waals surface area (Å²) >= 11 is 0. The molecule has 0 saturated carbocycles. The first-order valence-electron chi connectivity index (χ1n) is 9.77. The van der Waals surface area contributed by atoms with Crippen LogP contribution in [0.25, 0.3) is 0 Å². The Balaban J connectivity index is 1.82. The number of benzene rings is 2. The van der Waals surface area contributed by atoms with E-state index >= 15 is 0 Å². The van der Waals surface area contributed by atoms with Crippen molar-refractivity contribution in [2.45, 2.75) is 51.6 Å². The summed E-state index contributed by atoms with van der Waals surface area (Å²) < 4.78 is 26.2. The van der Waals surface area contributed by atoms with E-state index in [1.807, 2.05) is 19.9 Å². The molecule has 0 radical (unpaired) electrons. The highest BCUT2D eigenvalue weighted by Crippen LogP contribution is 2.26. The minimum absolute atomic E-state index is 0.190. The molecule has 2 aromatic rings. The molecule has 0 fully saturated rings. The molecule has 0 bridgehead atoms. The fourth-order valence-electron chi connectivity index (χ4n) is 3.89. The molecule has 2 unspecified atom stereocenters. The number of aryl methyl sites for hydroxylation is 2. The van der Waals surface area contributed by atoms with Crippen LogP contribution in [0.5, 0.6) is 0 Å². The van der Waals surface area contributed by atoms with Gasteiger partial charge in [-0.3, -0.25) is 9.10 Å². The normalized spacial score (nSPS) is 15.5. The Morgan fingerprint density at radius 2 is 1.79 bits per heavy atom. The fraction of sp³-hybridized carbons (Fsp3) is 0.409. The van der Waals surface area contributed by atoms with E-state index < -0.39 is 16.1 Å². The average molecular weight is 401 g/mol. The predicted molar refractivity (Wildman–Crippen MR) is 113 cm³/mol. The van der Waals surface area contributed by atoms with Crippen molar-refractivity contribution in [2.75, 3.05) is 10.6 Å². The molecule has 0 heterocycles. The monoisotopic (exact) mass is 400 g/mol. The number of nitrogens with one attached hydrogen (secondary N) is 1. The van der Waals surface area contributed by atoms with Gasteiger partial charge in [0, 0.05) is 0 Å². The van der Waals surface area contributed by atoms with Crippen LogP contribution in [0.1, 0.15) is 49.4 Å². The van der Waals surface area contributed by atoms with Gasteiger partial charge in [0.15, 0.2) is 0 Å². The van der Waals surface area contributed by atoms with Crippen LogP contribution in [0.4, 0.5) is 5.69 Å². The van der Waals surface area contributed by atoms with Gasteiger partial charge in [-0.25, -0.2) is 8.42 Å². The summed E-state index contributed by atoms with van der Waals surface area (Å²) in [6.45, 7) is 3.76. The number of fused-ring (bicyclic) bond motifs is 1. The fourth-order valence-corrected chi connectivity index (χ4v) is 5.10. The molecule has 1 N–H and O–H groups in total. The average Bonchev–Trinajstić information content (AvgIpc) is 3.13. The molecular formula is C22H28N2O3S. The zero-order valence-electron chi connectivity index (χ0n) is 16.7. The number of para-hydroxylation sites is 1. The van der Waals surface area contributed by atoms with Crippen molar-refractivity contribution in [3.63, 3.8) is 0 Å². The van der Waals surface area contributed by atoms with E-state index in [-0.39, 0.29) is 11.9 Å². The maximum atomic E-state index is 13.0. The summed E-state index contributed by atoms with van der Waals surface area (Å²) in [4.78, 5) is 13.0. The van der Waals surface area contributed by atoms with Crippen molar-refractivity contribution in [2.24, 2.45) is 0 Å². The van der Waals surface area contributed by atoms with Crippen LogP contribution in [0.3, 0.4) is 0 Å². The molecule has 2 aromatic carbocycles. The van der Waals surface area contributed by atoms with Gasteiger partial charge in [0.05, 0.1) is 18.0 Å². The summed E-state index contributed by atoms with van der Waals surface area (Å²) in [5.41, 5.74) is 4.29. The molecule has 0 aromatic heterocycles. The first-order chi connectivity index (χ1) is 13.3. The molecule has 1 amide bonds. The van der Waals surface area contributed by atoms with Crippen LogP contribution in [0.2, 0.25) is 0 Å². The Morgan fingerprint density at radius 3 is 2.43 bits per heavy atom. The third kappa shape index (κ3) is 4.38. The van der Waals surface area contributed by atoms with E-state index in [2.05, 4.69) is 23.5 Å². The van der Waals surface area contributed by atoms with Crippen molar-refractivity contribution < 1.29 is 13.2 Å². The summed E-state index contributed by atoms with van der Waals surface area (Å²) in [6, 6.07) is 14.2. The number of anilines is 1. The van der Waals surface area contributed by atoms with E-state index in [4.69, 9.17) is 0 Å². The van der Waals surface area contributed by atoms with E-state index in [9.17, 15) is 13.2 Å². The second-order valence-corrected chi connectivity index (χ2v) is 9.29. The number of nitrogens with zero attached hydrogens (tertiary/aromatic N) is 1. The molecule has 3 rings (SSSR count). The first kappa shape index (κ1) is 20.4. The Morgan fingerprint density at radius 1 is 1.11 bits per heavy atom. The summed E-state index contributed by atoms with van der Waals surface area (Å²) in [5.74, 6) is -0.287. The molecule has 0 saturated heterocycles. The second-order valence-electron chi connectivity index (χ2n) is 7.43. The molecule has 5 nitrogen and oxygen atoms in total. The van der Waals surface area contributed by atoms with Gasteiger partial charge in [0.1, 0.15) is 6.04 Å². The molecule has 6 heteroatoms. The lowest BCUT2D eigenvalue weighted by atomic mass is 10.0. The SMILES string of the molecule is CCC(C(=O)NC(C)c1ccc2c(c1)CCC2)N(c1ccccc1)S(C)(=O)=O. The quantitative estimate of drug-likeness (QED) is 0.772. The van der Waals surface area contributed by atoms with Crippen molar-refractivity contribution in [1.29, 1.82) is 0 Å². The number of hydrogen-bond acceptors (Lipinski definition) is 3. The van der Waals surface area contributed by atoms with Crippen molar-refractivity contribution in [1.82, 2.24) is 5.32 Å². The standard InChI is InChI=1S/C22H28N2O3S/c1-4-21(24(28(3,26)27)20-11-6-5-7-12-20)22(25)23-16(2)18-14-13-17-9-8-10-19(17)15-18/h5-7,11-16,21H,4,8-10H2,1-3H3,(H,23,25). The van der Waals surface area contributed by atoms with Crippen LogP contribution in [-0.4, -0.2) is 26.6 Å². The van der Waals surface area contributed by atoms with Crippen LogP contribution in [0.15, 0.2) is 48.5 Å². The molecule has 2 atom stereocenters. The molecule has 150 valence electrons. The van der Waals surface area contributed by atoms with Crippen molar-refractivity contribution >= 4 is 21.6 Å². The van der Waals surface area contributed by atoms with Gasteiger partial charge in [-0.2, -0.15) is 0 Å². The second kappa shape index (κ2) is 8.35. The van der Waals surface area contributed by atoms with Crippen LogP contribution in [-0.2, 0) is 27.7 Å². The van der Waals surface area contributed by atoms with E-state index in [0.717, 1.165) is 24.7 Å². The largest absolute Gasteiger partial charge is 0.348 e. The maximum Gasteiger partial charge on any atom is 0.244 e. The minimum Gasteiger partial charge on any atom is -0.348 e. The zero-order chi connectivity index (χ0) is 20.3. The molecule has 0 aliphatic heterocycles. The molecule has 28 heavy (non-hydrogen) atoms. The molecular weight excluding hydrogens is 372 g/mol. The van der Waals surface area contributed by atoms with Crippen LogP contribution < -0.4 is 9.62 Å². The van der Waals surface area contributed by atoms with Gasteiger partial charge < -0.3 is 5.32 Å². The lowest BCUT2D eigenvalue weighted by Gasteiger charge is -2.31. The number of rotatable bonds is 7. The van der Waals surface area contributed by atoms with Gasteiger partial charge in [-0.05, 0) is 61.4 Å². The minimum atomic E-state index is -3.61. The van der Waals surface area contributed by atoms with Gasteiger partial charge in [-0.15, -0.1) is 0 Å². The van der Waals surface area contributed by atoms with Gasteiger partial charge >= 0.3 is 0 Å². The summed E-state index contributed by atoms with van der Waals surface area (Å²) in [5, 5.41) is 3.02. The number of carbonyl (C=O) groups excluding carboxylic acids is 1. The zero-order valence-corrected chi connectivity index (χ0v) is 17.5. The van der Waals surface area contributed by atoms with E-state index in [1.54, 1.807) is 24.3 Å². The smallest absolute Gasteiger partial charge is 0.244 e. The van der Waals surface area contributed by atoms with Gasteiger partial charge in [0.25, 0.3) is 0 Å². The third-order valence-electron chi connectivity index (χ3n) is 5.32. The van der Waals surface area contributed by atoms with Crippen LogP contribution >= 0.6 is 0 Å². The number of amides is 1. The maximum absolute atomic E-state index is 13.0. The summed E-state index contributed by atoms with van der Waals surface area (Å²) in [6.07, 6.45) is 4.90. The van der Waals surface area contributed by atoms with Crippen molar-refractivity contribution in [3.8, 4) is 0 Å². The molecule has 1 aliphatic carbocycles.